The van der Waals surface area contributed by atoms with Gasteiger partial charge in [-0.25, -0.2) is 0 Å². The lowest BCUT2D eigenvalue weighted by Gasteiger charge is -2.18. The number of hydrogen-bond donors (Lipinski definition) is 0. The molecule has 0 aromatic carbocycles. The SMILES string of the molecule is CCCCC/C=C\C/C=C\C/C=C\C/C=C\CCCC(=O)O[C@H](COC(=O)CCCCCCCCC/C=C\CCCCCCCC)COC(=O)CCCCCCCCCCCCCCCCCCCCC. The molecule has 0 N–H and O–H groups in total. The molecule has 0 spiro atoms. The second kappa shape index (κ2) is 59.7. The van der Waals surface area contributed by atoms with Gasteiger partial charge in [-0.15, -0.1) is 0 Å². The van der Waals surface area contributed by atoms with E-state index in [1.54, 1.807) is 0 Å². The van der Waals surface area contributed by atoms with E-state index in [9.17, 15) is 14.4 Å². The average molecular weight is 994 g/mol. The van der Waals surface area contributed by atoms with Crippen molar-refractivity contribution in [3.05, 3.63) is 60.8 Å². The molecule has 412 valence electrons. The summed E-state index contributed by atoms with van der Waals surface area (Å²) in [6.07, 6.45) is 75.1. The topological polar surface area (TPSA) is 78.9 Å². The summed E-state index contributed by atoms with van der Waals surface area (Å²) in [7, 11) is 0. The molecule has 0 aromatic rings. The molecule has 0 saturated heterocycles. The second-order valence-electron chi connectivity index (χ2n) is 20.6. The van der Waals surface area contributed by atoms with E-state index in [1.807, 2.05) is 0 Å². The molecule has 6 nitrogen and oxygen atoms in total. The predicted molar refractivity (Wildman–Crippen MR) is 307 cm³/mol. The van der Waals surface area contributed by atoms with Crippen LogP contribution in [0.25, 0.3) is 0 Å². The molecule has 0 amide bonds. The van der Waals surface area contributed by atoms with Gasteiger partial charge in [0.25, 0.3) is 0 Å². The van der Waals surface area contributed by atoms with Crippen molar-refractivity contribution < 1.29 is 28.6 Å². The van der Waals surface area contributed by atoms with E-state index in [4.69, 9.17) is 14.2 Å². The highest BCUT2D eigenvalue weighted by Gasteiger charge is 2.19. The fourth-order valence-electron chi connectivity index (χ4n) is 8.84. The number of esters is 3. The Bertz CT molecular complexity index is 1280. The Morgan fingerprint density at radius 1 is 0.282 bits per heavy atom. The third kappa shape index (κ3) is 57.9. The summed E-state index contributed by atoms with van der Waals surface area (Å²) < 4.78 is 16.9. The van der Waals surface area contributed by atoms with Crippen molar-refractivity contribution >= 4 is 17.9 Å². The van der Waals surface area contributed by atoms with Crippen molar-refractivity contribution in [2.24, 2.45) is 0 Å². The van der Waals surface area contributed by atoms with Crippen LogP contribution in [0.1, 0.15) is 316 Å². The molecule has 0 bridgehead atoms. The van der Waals surface area contributed by atoms with Gasteiger partial charge in [-0.3, -0.25) is 14.4 Å². The third-order valence-electron chi connectivity index (χ3n) is 13.5. The number of unbranched alkanes of at least 4 members (excludes halogenated alkanes) is 35. The van der Waals surface area contributed by atoms with Crippen molar-refractivity contribution in [1.29, 1.82) is 0 Å². The minimum atomic E-state index is -0.803. The van der Waals surface area contributed by atoms with E-state index in [2.05, 4.69) is 81.5 Å². The van der Waals surface area contributed by atoms with Crippen LogP contribution in [0.3, 0.4) is 0 Å². The van der Waals surface area contributed by atoms with Crippen LogP contribution in [0, 0.1) is 0 Å². The second-order valence-corrected chi connectivity index (χ2v) is 20.6. The first-order chi connectivity index (χ1) is 35.0. The minimum absolute atomic E-state index is 0.0942. The average Bonchev–Trinajstić information content (AvgIpc) is 3.37. The van der Waals surface area contributed by atoms with Crippen LogP contribution < -0.4 is 0 Å². The lowest BCUT2D eigenvalue weighted by Crippen LogP contribution is -2.30. The summed E-state index contributed by atoms with van der Waals surface area (Å²) in [5.74, 6) is -0.939. The fraction of sp³-hybridized carbons (Fsp3) is 0.800. The summed E-state index contributed by atoms with van der Waals surface area (Å²) in [6, 6.07) is 0. The van der Waals surface area contributed by atoms with E-state index >= 15 is 0 Å². The van der Waals surface area contributed by atoms with Crippen molar-refractivity contribution in [3.8, 4) is 0 Å². The van der Waals surface area contributed by atoms with Gasteiger partial charge in [0.2, 0.25) is 0 Å². The van der Waals surface area contributed by atoms with E-state index in [-0.39, 0.29) is 37.5 Å². The summed E-state index contributed by atoms with van der Waals surface area (Å²) in [4.78, 5) is 38.2. The van der Waals surface area contributed by atoms with E-state index in [0.29, 0.717) is 19.3 Å². The number of rotatable bonds is 56. The number of allylic oxidation sites excluding steroid dienone is 10. The summed E-state index contributed by atoms with van der Waals surface area (Å²) in [6.45, 7) is 6.60. The zero-order valence-corrected chi connectivity index (χ0v) is 47.2. The van der Waals surface area contributed by atoms with Gasteiger partial charge in [0.15, 0.2) is 6.10 Å². The summed E-state index contributed by atoms with van der Waals surface area (Å²) >= 11 is 0. The standard InChI is InChI=1S/C65H116O6/c1-4-7-10-13-16-19-22-25-28-31-32-35-37-40-43-46-49-52-55-58-64(67)70-61-62(71-65(68)59-56-53-50-47-44-41-38-34-30-27-24-21-18-15-12-9-6-3)60-69-63(66)57-54-51-48-45-42-39-36-33-29-26-23-20-17-14-11-8-5-2/h18,21,26-27,29-30,38,41,47,50,62H,4-17,19-20,22-25,28,31-37,39-40,42-46,48-49,51-61H2,1-3H3/b21-18-,29-26-,30-27-,41-38-,50-47-/t62-/m1/s1. The molecule has 0 aliphatic carbocycles. The summed E-state index contributed by atoms with van der Waals surface area (Å²) in [5.41, 5.74) is 0. The molecule has 0 aliphatic rings. The quantitative estimate of drug-likeness (QED) is 0.0261. The van der Waals surface area contributed by atoms with Gasteiger partial charge < -0.3 is 14.2 Å². The normalized spacial score (nSPS) is 12.4. The van der Waals surface area contributed by atoms with Crippen LogP contribution >= 0.6 is 0 Å². The number of carbonyl (C=O) groups is 3. The Kier molecular flexibility index (Phi) is 57.2. The molecule has 71 heavy (non-hydrogen) atoms. The molecule has 0 rings (SSSR count). The van der Waals surface area contributed by atoms with E-state index in [0.717, 1.165) is 64.2 Å². The van der Waals surface area contributed by atoms with Crippen molar-refractivity contribution in [2.45, 2.75) is 322 Å². The lowest BCUT2D eigenvalue weighted by molar-refractivity contribution is -0.167. The van der Waals surface area contributed by atoms with Crippen molar-refractivity contribution in [2.75, 3.05) is 13.2 Å². The monoisotopic (exact) mass is 993 g/mol. The number of ether oxygens (including phenoxy) is 3. The first-order valence-electron chi connectivity index (χ1n) is 30.8. The van der Waals surface area contributed by atoms with Gasteiger partial charge in [-0.05, 0) is 83.5 Å². The van der Waals surface area contributed by atoms with Gasteiger partial charge in [-0.2, -0.15) is 0 Å². The molecule has 6 heteroatoms. The molecule has 0 aliphatic heterocycles. The van der Waals surface area contributed by atoms with Crippen LogP contribution in [0.2, 0.25) is 0 Å². The highest BCUT2D eigenvalue weighted by Crippen LogP contribution is 2.16. The largest absolute Gasteiger partial charge is 0.462 e. The van der Waals surface area contributed by atoms with Gasteiger partial charge in [0.05, 0.1) is 0 Å². The Labute approximate surface area is 440 Å². The zero-order valence-electron chi connectivity index (χ0n) is 47.2. The smallest absolute Gasteiger partial charge is 0.306 e. The predicted octanol–water partition coefficient (Wildman–Crippen LogP) is 20.8. The van der Waals surface area contributed by atoms with Gasteiger partial charge in [0, 0.05) is 19.3 Å². The van der Waals surface area contributed by atoms with Crippen LogP contribution in [-0.2, 0) is 28.6 Å². The highest BCUT2D eigenvalue weighted by atomic mass is 16.6. The van der Waals surface area contributed by atoms with Crippen LogP contribution in [0.5, 0.6) is 0 Å². The molecular weight excluding hydrogens is 877 g/mol. The zero-order chi connectivity index (χ0) is 51.4. The summed E-state index contributed by atoms with van der Waals surface area (Å²) in [5, 5.41) is 0. The first-order valence-corrected chi connectivity index (χ1v) is 30.8. The molecule has 0 saturated carbocycles. The first kappa shape index (κ1) is 68.1. The molecule has 0 aromatic heterocycles. The lowest BCUT2D eigenvalue weighted by atomic mass is 10.0. The van der Waals surface area contributed by atoms with Crippen molar-refractivity contribution in [3.63, 3.8) is 0 Å². The maximum atomic E-state index is 12.9. The molecule has 1 atom stereocenters. The Balaban J connectivity index is 4.42. The maximum Gasteiger partial charge on any atom is 0.306 e. The molecule has 0 unspecified atom stereocenters. The fourth-order valence-corrected chi connectivity index (χ4v) is 8.84. The molecular formula is C65H116O6. The minimum Gasteiger partial charge on any atom is -0.462 e. The highest BCUT2D eigenvalue weighted by molar-refractivity contribution is 5.71. The van der Waals surface area contributed by atoms with Crippen LogP contribution in [0.4, 0.5) is 0 Å². The van der Waals surface area contributed by atoms with Crippen molar-refractivity contribution in [1.82, 2.24) is 0 Å². The van der Waals surface area contributed by atoms with Gasteiger partial charge in [0.1, 0.15) is 13.2 Å². The molecule has 0 heterocycles. The maximum absolute atomic E-state index is 12.9. The Morgan fingerprint density at radius 3 is 0.873 bits per heavy atom. The van der Waals surface area contributed by atoms with Crippen LogP contribution in [-0.4, -0.2) is 37.2 Å². The van der Waals surface area contributed by atoms with E-state index < -0.39 is 6.10 Å². The van der Waals surface area contributed by atoms with Gasteiger partial charge >= 0.3 is 17.9 Å². The molecule has 0 radical (unpaired) electrons. The molecule has 0 fully saturated rings. The number of hydrogen-bond acceptors (Lipinski definition) is 6. The van der Waals surface area contributed by atoms with Gasteiger partial charge in [-0.1, -0.05) is 274 Å². The number of carbonyl (C=O) groups excluding carboxylic acids is 3. The third-order valence-corrected chi connectivity index (χ3v) is 13.5. The Hall–Kier alpha value is -2.89. The van der Waals surface area contributed by atoms with Crippen LogP contribution in [0.15, 0.2) is 60.8 Å². The van der Waals surface area contributed by atoms with E-state index in [1.165, 1.54) is 205 Å². The Morgan fingerprint density at radius 2 is 0.521 bits per heavy atom.